The molecule has 3 heterocycles. The number of Topliss-reactive ketones (excluding diaryl/α,β-unsaturated/α-hetero) is 2. The molecule has 50 heavy (non-hydrogen) atoms. The zero-order valence-electron chi connectivity index (χ0n) is 31.9. The fraction of sp³-hybridized carbons (Fsp3) is 0.422. The van der Waals surface area contributed by atoms with Gasteiger partial charge < -0.3 is 0 Å². The molecule has 0 unspecified atom stereocenters. The Morgan fingerprint density at radius 3 is 1.08 bits per heavy atom. The Balaban J connectivity index is 1.63. The van der Waals surface area contributed by atoms with E-state index in [2.05, 4.69) is 142 Å². The van der Waals surface area contributed by atoms with Gasteiger partial charge in [-0.15, -0.1) is 34.0 Å². The highest BCUT2D eigenvalue weighted by atomic mass is 32.1. The van der Waals surface area contributed by atoms with Crippen LogP contribution in [0.25, 0.3) is 19.5 Å². The summed E-state index contributed by atoms with van der Waals surface area (Å²) in [7, 11) is 0. The van der Waals surface area contributed by atoms with Crippen molar-refractivity contribution in [2.75, 3.05) is 0 Å². The van der Waals surface area contributed by atoms with Crippen molar-refractivity contribution < 1.29 is 9.59 Å². The number of ketones is 2. The van der Waals surface area contributed by atoms with Crippen LogP contribution in [0.2, 0.25) is 0 Å². The first-order valence-corrected chi connectivity index (χ1v) is 20.3. The standard InChI is InChI=1S/C45H52O2S3/c1-41(2,3)29-19-27(20-30(23-29)42(4,5)6)25-45(26-28-21-31(43(7,8)9)24-32(22-28)44(10,11)12)39(46)35-36(40(45)47)38(34-16-14-18-49-34)50-37(35)33-15-13-17-48-33/h13-24H,25-26H2,1-12H3. The molecule has 0 radical (unpaired) electrons. The smallest absolute Gasteiger partial charge is 0.179 e. The van der Waals surface area contributed by atoms with Crippen LogP contribution in [0.3, 0.4) is 0 Å². The summed E-state index contributed by atoms with van der Waals surface area (Å²) in [5.41, 5.74) is 6.62. The van der Waals surface area contributed by atoms with Crippen molar-refractivity contribution in [2.45, 2.75) is 118 Å². The molecule has 0 aliphatic heterocycles. The fourth-order valence-corrected chi connectivity index (χ4v) is 10.0. The van der Waals surface area contributed by atoms with E-state index in [-0.39, 0.29) is 33.2 Å². The van der Waals surface area contributed by atoms with Gasteiger partial charge in [0.05, 0.1) is 9.75 Å². The quantitative estimate of drug-likeness (QED) is 0.164. The minimum atomic E-state index is -1.27. The lowest BCUT2D eigenvalue weighted by molar-refractivity contribution is 0.0695. The van der Waals surface area contributed by atoms with Crippen LogP contribution in [-0.2, 0) is 34.5 Å². The second kappa shape index (κ2) is 12.5. The average molecular weight is 721 g/mol. The van der Waals surface area contributed by atoms with Gasteiger partial charge in [-0.1, -0.05) is 132 Å². The molecule has 0 bridgehead atoms. The summed E-state index contributed by atoms with van der Waals surface area (Å²) in [5, 5.41) is 4.11. The number of hydrogen-bond donors (Lipinski definition) is 0. The number of carbonyl (C=O) groups is 2. The number of hydrogen-bond acceptors (Lipinski definition) is 5. The Morgan fingerprint density at radius 2 is 0.820 bits per heavy atom. The summed E-state index contributed by atoms with van der Waals surface area (Å²) < 4.78 is 0. The van der Waals surface area contributed by atoms with E-state index in [0.29, 0.717) is 24.0 Å². The molecule has 0 amide bonds. The number of benzene rings is 2. The molecule has 262 valence electrons. The van der Waals surface area contributed by atoms with Gasteiger partial charge in [0.2, 0.25) is 0 Å². The van der Waals surface area contributed by atoms with Crippen LogP contribution in [0, 0.1) is 5.41 Å². The molecule has 5 heteroatoms. The molecule has 0 N–H and O–H groups in total. The highest BCUT2D eigenvalue weighted by molar-refractivity contribution is 7.26. The molecule has 0 saturated heterocycles. The first kappa shape index (κ1) is 36.7. The lowest BCUT2D eigenvalue weighted by Crippen LogP contribution is -2.39. The lowest BCUT2D eigenvalue weighted by atomic mass is 9.70. The molecule has 5 aromatic rings. The summed E-state index contributed by atoms with van der Waals surface area (Å²) in [6, 6.07) is 21.9. The zero-order chi connectivity index (χ0) is 36.6. The van der Waals surface area contributed by atoms with E-state index in [4.69, 9.17) is 0 Å². The van der Waals surface area contributed by atoms with E-state index >= 15 is 9.59 Å². The van der Waals surface area contributed by atoms with Crippen LogP contribution in [0.5, 0.6) is 0 Å². The van der Waals surface area contributed by atoms with Gasteiger partial charge in [-0.25, -0.2) is 0 Å². The van der Waals surface area contributed by atoms with E-state index < -0.39 is 5.41 Å². The molecule has 1 aliphatic rings. The van der Waals surface area contributed by atoms with Crippen LogP contribution in [0.1, 0.15) is 137 Å². The van der Waals surface area contributed by atoms with Crippen molar-refractivity contribution in [3.8, 4) is 19.5 Å². The molecular formula is C45H52O2S3. The fourth-order valence-electron chi connectivity index (χ4n) is 7.01. The van der Waals surface area contributed by atoms with E-state index in [1.807, 2.05) is 12.1 Å². The van der Waals surface area contributed by atoms with Gasteiger partial charge in [-0.05, 0) is 90.8 Å². The molecule has 0 fully saturated rings. The maximum absolute atomic E-state index is 15.6. The third-order valence-electron chi connectivity index (χ3n) is 10.2. The first-order chi connectivity index (χ1) is 23.1. The predicted molar refractivity (Wildman–Crippen MR) is 217 cm³/mol. The number of carbonyl (C=O) groups excluding carboxylic acids is 2. The lowest BCUT2D eigenvalue weighted by Gasteiger charge is -2.32. The van der Waals surface area contributed by atoms with Crippen LogP contribution in [0.4, 0.5) is 0 Å². The molecule has 0 atom stereocenters. The normalized spacial score (nSPS) is 15.2. The molecule has 0 saturated carbocycles. The summed E-state index contributed by atoms with van der Waals surface area (Å²) in [6.07, 6.45) is 0.713. The molecular weight excluding hydrogens is 669 g/mol. The van der Waals surface area contributed by atoms with Crippen molar-refractivity contribution in [1.29, 1.82) is 0 Å². The molecule has 2 aromatic carbocycles. The van der Waals surface area contributed by atoms with E-state index in [1.54, 1.807) is 34.0 Å². The average Bonchev–Trinajstić information content (AvgIpc) is 3.80. The van der Waals surface area contributed by atoms with Gasteiger partial charge >= 0.3 is 0 Å². The predicted octanol–water partition coefficient (Wildman–Crippen LogP) is 13.2. The highest BCUT2D eigenvalue weighted by Crippen LogP contribution is 2.54. The van der Waals surface area contributed by atoms with E-state index in [9.17, 15) is 0 Å². The molecule has 2 nitrogen and oxygen atoms in total. The van der Waals surface area contributed by atoms with Crippen molar-refractivity contribution in [3.05, 3.63) is 116 Å². The minimum Gasteiger partial charge on any atom is -0.293 e. The third-order valence-corrected chi connectivity index (χ3v) is 13.5. The maximum Gasteiger partial charge on any atom is 0.179 e. The topological polar surface area (TPSA) is 34.1 Å². The molecule has 3 aromatic heterocycles. The van der Waals surface area contributed by atoms with Gasteiger partial charge in [0.15, 0.2) is 11.6 Å². The Morgan fingerprint density at radius 1 is 0.500 bits per heavy atom. The Kier molecular flexibility index (Phi) is 9.19. The van der Waals surface area contributed by atoms with Gasteiger partial charge in [0.25, 0.3) is 0 Å². The largest absolute Gasteiger partial charge is 0.293 e. The Hall–Kier alpha value is -3.12. The second-order valence-electron chi connectivity index (χ2n) is 18.4. The van der Waals surface area contributed by atoms with Crippen LogP contribution < -0.4 is 0 Å². The van der Waals surface area contributed by atoms with E-state index in [1.165, 1.54) is 22.3 Å². The van der Waals surface area contributed by atoms with Crippen LogP contribution >= 0.6 is 34.0 Å². The van der Waals surface area contributed by atoms with Gasteiger partial charge in [0.1, 0.15) is 5.41 Å². The van der Waals surface area contributed by atoms with Gasteiger partial charge in [0, 0.05) is 20.9 Å². The summed E-state index contributed by atoms with van der Waals surface area (Å²) in [6.45, 7) is 26.9. The number of rotatable bonds is 6. The SMILES string of the molecule is CC(C)(C)c1cc(CC2(Cc3cc(C(C)(C)C)cc(C(C)(C)C)c3)C(=O)c3c(-c4cccs4)sc(-c4cccs4)c3C2=O)cc(C(C)(C)C)c1. The van der Waals surface area contributed by atoms with Crippen molar-refractivity contribution in [3.63, 3.8) is 0 Å². The molecule has 0 spiro atoms. The summed E-state index contributed by atoms with van der Waals surface area (Å²) in [5.74, 6) is -0.0613. The van der Waals surface area contributed by atoms with Crippen LogP contribution in [0.15, 0.2) is 71.4 Å². The second-order valence-corrected chi connectivity index (χ2v) is 21.3. The number of fused-ring (bicyclic) bond motifs is 1. The van der Waals surface area contributed by atoms with Crippen molar-refractivity contribution in [2.24, 2.45) is 5.41 Å². The number of thiophene rings is 3. The third kappa shape index (κ3) is 6.78. The minimum absolute atomic E-state index is 0.0307. The van der Waals surface area contributed by atoms with E-state index in [0.717, 1.165) is 30.6 Å². The Labute approximate surface area is 312 Å². The molecule has 6 rings (SSSR count). The van der Waals surface area contributed by atoms with Gasteiger partial charge in [-0.2, -0.15) is 0 Å². The summed E-state index contributed by atoms with van der Waals surface area (Å²) >= 11 is 4.87. The molecule has 1 aliphatic carbocycles. The maximum atomic E-state index is 15.6. The first-order valence-electron chi connectivity index (χ1n) is 17.7. The highest BCUT2D eigenvalue weighted by Gasteiger charge is 2.56. The van der Waals surface area contributed by atoms with Gasteiger partial charge in [-0.3, -0.25) is 9.59 Å². The van der Waals surface area contributed by atoms with Crippen molar-refractivity contribution >= 4 is 45.6 Å². The van der Waals surface area contributed by atoms with Crippen LogP contribution in [-0.4, -0.2) is 11.6 Å². The summed E-state index contributed by atoms with van der Waals surface area (Å²) in [4.78, 5) is 35.1. The Bertz CT molecular complexity index is 1850. The monoisotopic (exact) mass is 720 g/mol. The zero-order valence-corrected chi connectivity index (χ0v) is 34.3. The van der Waals surface area contributed by atoms with Crippen molar-refractivity contribution in [1.82, 2.24) is 0 Å².